The van der Waals surface area contributed by atoms with E-state index in [0.717, 1.165) is 37.0 Å². The highest BCUT2D eigenvalue weighted by Crippen LogP contribution is 2.39. The van der Waals surface area contributed by atoms with Crippen LogP contribution in [0, 0.1) is 0 Å². The van der Waals surface area contributed by atoms with Crippen LogP contribution in [0.5, 0.6) is 0 Å². The number of hydrogen-bond donors (Lipinski definition) is 0. The molecule has 0 N–H and O–H groups in total. The zero-order chi connectivity index (χ0) is 17.7. The highest BCUT2D eigenvalue weighted by molar-refractivity contribution is 9.10. The van der Waals surface area contributed by atoms with Gasteiger partial charge >= 0.3 is 0 Å². The summed E-state index contributed by atoms with van der Waals surface area (Å²) in [5.41, 5.74) is 5.46. The predicted molar refractivity (Wildman–Crippen MR) is 114 cm³/mol. The third kappa shape index (κ3) is 2.57. The molecule has 0 amide bonds. The number of fused-ring (bicyclic) bond motifs is 3. The van der Waals surface area contributed by atoms with E-state index in [1.165, 1.54) is 10.2 Å². The Morgan fingerprint density at radius 1 is 0.885 bits per heavy atom. The fourth-order valence-corrected chi connectivity index (χ4v) is 4.92. The largest absolute Gasteiger partial charge is 0.282 e. The smallest absolute Gasteiger partial charge is 0.195 e. The van der Waals surface area contributed by atoms with Crippen molar-refractivity contribution in [2.75, 3.05) is 0 Å². The number of rotatable bonds is 2. The Kier molecular flexibility index (Phi) is 3.85. The van der Waals surface area contributed by atoms with Gasteiger partial charge in [-0.1, -0.05) is 81.3 Å². The molecule has 5 heteroatoms. The maximum absolute atomic E-state index is 6.08. The second-order valence-corrected chi connectivity index (χ2v) is 8.38. The average Bonchev–Trinajstić information content (AvgIpc) is 3.18. The van der Waals surface area contributed by atoms with Gasteiger partial charge in [0.15, 0.2) is 4.96 Å². The third-order valence-corrected chi connectivity index (χ3v) is 6.12. The van der Waals surface area contributed by atoms with Gasteiger partial charge in [0.25, 0.3) is 0 Å². The second kappa shape index (κ2) is 6.23. The van der Waals surface area contributed by atoms with Gasteiger partial charge in [-0.3, -0.25) is 4.40 Å². The Bertz CT molecular complexity index is 1240. The van der Waals surface area contributed by atoms with Gasteiger partial charge in [-0.15, -0.1) is 0 Å². The number of hydrogen-bond acceptors (Lipinski definition) is 2. The van der Waals surface area contributed by atoms with E-state index in [9.17, 15) is 0 Å². The summed E-state index contributed by atoms with van der Waals surface area (Å²) in [6, 6.07) is 24.7. The third-order valence-electron chi connectivity index (χ3n) is 4.38. The van der Waals surface area contributed by atoms with Gasteiger partial charge in [-0.2, -0.15) is 0 Å². The van der Waals surface area contributed by atoms with Gasteiger partial charge in [-0.25, -0.2) is 4.98 Å². The van der Waals surface area contributed by atoms with E-state index in [4.69, 9.17) is 16.6 Å². The SMILES string of the molecule is Clc1ccc(-c2nc3sc4cc(Br)ccc4n3c2-c2ccccc2)cc1. The van der Waals surface area contributed by atoms with Crippen molar-refractivity contribution in [2.24, 2.45) is 0 Å². The highest BCUT2D eigenvalue weighted by atomic mass is 79.9. The average molecular weight is 440 g/mol. The molecule has 2 nitrogen and oxygen atoms in total. The molecular formula is C21H12BrClN2S. The molecule has 0 saturated carbocycles. The van der Waals surface area contributed by atoms with Gasteiger partial charge in [-0.05, 0) is 30.3 Å². The maximum atomic E-state index is 6.08. The first-order valence-electron chi connectivity index (χ1n) is 8.12. The number of halogens is 2. The van der Waals surface area contributed by atoms with E-state index in [-0.39, 0.29) is 0 Å². The Labute approximate surface area is 167 Å². The minimum Gasteiger partial charge on any atom is -0.282 e. The van der Waals surface area contributed by atoms with Crippen molar-refractivity contribution in [1.82, 2.24) is 9.38 Å². The van der Waals surface area contributed by atoms with Crippen LogP contribution in [0.25, 0.3) is 37.7 Å². The molecule has 3 aromatic carbocycles. The van der Waals surface area contributed by atoms with Crippen molar-refractivity contribution in [1.29, 1.82) is 0 Å². The zero-order valence-electron chi connectivity index (χ0n) is 13.5. The standard InChI is InChI=1S/C21H12BrClN2S/c22-15-8-11-17-18(12-15)26-21-24-19(13-6-9-16(23)10-7-13)20(25(17)21)14-4-2-1-3-5-14/h1-12H. The quantitative estimate of drug-likeness (QED) is 0.282. The molecule has 5 aromatic rings. The molecule has 2 heterocycles. The molecule has 0 atom stereocenters. The molecule has 2 aromatic heterocycles. The zero-order valence-corrected chi connectivity index (χ0v) is 16.6. The first-order chi connectivity index (χ1) is 12.7. The summed E-state index contributed by atoms with van der Waals surface area (Å²) >= 11 is 11.3. The number of benzene rings is 3. The maximum Gasteiger partial charge on any atom is 0.195 e. The fraction of sp³-hybridized carbons (Fsp3) is 0. The monoisotopic (exact) mass is 438 g/mol. The number of aromatic nitrogens is 2. The summed E-state index contributed by atoms with van der Waals surface area (Å²) in [6.45, 7) is 0. The summed E-state index contributed by atoms with van der Waals surface area (Å²) in [5, 5.41) is 0.728. The van der Waals surface area contributed by atoms with E-state index in [1.54, 1.807) is 11.3 Å². The minimum atomic E-state index is 0.728. The topological polar surface area (TPSA) is 17.3 Å². The normalized spacial score (nSPS) is 11.5. The van der Waals surface area contributed by atoms with Crippen LogP contribution in [-0.2, 0) is 0 Å². The molecule has 26 heavy (non-hydrogen) atoms. The van der Waals surface area contributed by atoms with Crippen LogP contribution in [0.4, 0.5) is 0 Å². The summed E-state index contributed by atoms with van der Waals surface area (Å²) in [6.07, 6.45) is 0. The summed E-state index contributed by atoms with van der Waals surface area (Å²) in [5.74, 6) is 0. The Balaban J connectivity index is 1.89. The van der Waals surface area contributed by atoms with Crippen LogP contribution >= 0.6 is 38.9 Å². The van der Waals surface area contributed by atoms with E-state index in [1.807, 2.05) is 30.3 Å². The molecule has 0 radical (unpaired) electrons. The predicted octanol–water partition coefficient (Wildman–Crippen LogP) is 7.30. The summed E-state index contributed by atoms with van der Waals surface area (Å²) in [7, 11) is 0. The van der Waals surface area contributed by atoms with Crippen molar-refractivity contribution in [2.45, 2.75) is 0 Å². The first kappa shape index (κ1) is 16.1. The highest BCUT2D eigenvalue weighted by Gasteiger charge is 2.19. The molecule has 126 valence electrons. The van der Waals surface area contributed by atoms with Crippen molar-refractivity contribution < 1.29 is 0 Å². The van der Waals surface area contributed by atoms with Crippen molar-refractivity contribution in [3.63, 3.8) is 0 Å². The summed E-state index contributed by atoms with van der Waals surface area (Å²) in [4.78, 5) is 5.97. The van der Waals surface area contributed by atoms with Crippen LogP contribution < -0.4 is 0 Å². The van der Waals surface area contributed by atoms with Gasteiger partial charge in [0.05, 0.1) is 21.6 Å². The lowest BCUT2D eigenvalue weighted by Gasteiger charge is -2.06. The van der Waals surface area contributed by atoms with E-state index < -0.39 is 0 Å². The van der Waals surface area contributed by atoms with Gasteiger partial charge in [0, 0.05) is 20.6 Å². The number of imidazole rings is 1. The Morgan fingerprint density at radius 3 is 2.42 bits per heavy atom. The fourth-order valence-electron chi connectivity index (χ4n) is 3.22. The molecule has 0 saturated heterocycles. The first-order valence-corrected chi connectivity index (χ1v) is 10.1. The second-order valence-electron chi connectivity index (χ2n) is 6.01. The molecular weight excluding hydrogens is 428 g/mol. The van der Waals surface area contributed by atoms with Crippen LogP contribution in [0.15, 0.2) is 77.3 Å². The van der Waals surface area contributed by atoms with Gasteiger partial charge < -0.3 is 0 Å². The molecule has 0 spiro atoms. The molecule has 5 rings (SSSR count). The van der Waals surface area contributed by atoms with Crippen LogP contribution in [0.3, 0.4) is 0 Å². The van der Waals surface area contributed by atoms with E-state index >= 15 is 0 Å². The van der Waals surface area contributed by atoms with Crippen molar-refractivity contribution in [3.8, 4) is 22.5 Å². The van der Waals surface area contributed by atoms with Gasteiger partial charge in [0.1, 0.15) is 0 Å². The van der Waals surface area contributed by atoms with Crippen molar-refractivity contribution >= 4 is 54.0 Å². The summed E-state index contributed by atoms with van der Waals surface area (Å²) < 4.78 is 4.54. The van der Waals surface area contributed by atoms with Gasteiger partial charge in [0.2, 0.25) is 0 Å². The van der Waals surface area contributed by atoms with Crippen molar-refractivity contribution in [3.05, 3.63) is 82.3 Å². The van der Waals surface area contributed by atoms with E-state index in [2.05, 4.69) is 62.8 Å². The molecule has 0 aliphatic heterocycles. The van der Waals surface area contributed by atoms with Crippen LogP contribution in [0.1, 0.15) is 0 Å². The molecule has 0 bridgehead atoms. The Hall–Kier alpha value is -2.14. The lowest BCUT2D eigenvalue weighted by atomic mass is 10.0. The molecule has 0 aliphatic carbocycles. The lowest BCUT2D eigenvalue weighted by Crippen LogP contribution is -1.89. The molecule has 0 fully saturated rings. The number of nitrogens with zero attached hydrogens (tertiary/aromatic N) is 2. The minimum absolute atomic E-state index is 0.728. The number of thiazole rings is 1. The molecule has 0 unspecified atom stereocenters. The lowest BCUT2D eigenvalue weighted by molar-refractivity contribution is 1.29. The van der Waals surface area contributed by atoms with Crippen LogP contribution in [0.2, 0.25) is 5.02 Å². The molecule has 0 aliphatic rings. The Morgan fingerprint density at radius 2 is 1.65 bits per heavy atom. The van der Waals surface area contributed by atoms with E-state index in [0.29, 0.717) is 0 Å². The van der Waals surface area contributed by atoms with Crippen LogP contribution in [-0.4, -0.2) is 9.38 Å².